The van der Waals surface area contributed by atoms with Crippen LogP contribution in [0.2, 0.25) is 0 Å². The molecule has 5 nitrogen and oxygen atoms in total. The quantitative estimate of drug-likeness (QED) is 0.798. The number of aliphatic hydroxyl groups is 1. The Morgan fingerprint density at radius 2 is 1.95 bits per heavy atom. The Labute approximate surface area is 121 Å². The maximum absolute atomic E-state index is 12.1. The summed E-state index contributed by atoms with van der Waals surface area (Å²) in [7, 11) is -1.57. The van der Waals surface area contributed by atoms with Crippen LogP contribution in [-0.4, -0.2) is 44.6 Å². The first-order valence-electron chi connectivity index (χ1n) is 6.72. The molecular formula is C14H24N2O3S. The summed E-state index contributed by atoms with van der Waals surface area (Å²) in [5, 5.41) is 9.50. The molecule has 1 unspecified atom stereocenters. The molecular weight excluding hydrogens is 276 g/mol. The monoisotopic (exact) mass is 300 g/mol. The summed E-state index contributed by atoms with van der Waals surface area (Å²) in [4.78, 5) is 2.25. The Morgan fingerprint density at radius 1 is 1.30 bits per heavy atom. The van der Waals surface area contributed by atoms with Gasteiger partial charge in [-0.3, -0.25) is 0 Å². The highest BCUT2D eigenvalue weighted by molar-refractivity contribution is 7.89. The molecule has 0 aliphatic rings. The summed E-state index contributed by atoms with van der Waals surface area (Å²) in [6.45, 7) is 6.72. The third-order valence-electron chi connectivity index (χ3n) is 3.29. The zero-order valence-corrected chi connectivity index (χ0v) is 13.3. The molecule has 114 valence electrons. The summed E-state index contributed by atoms with van der Waals surface area (Å²) in [5.41, 5.74) is 0.590. The van der Waals surface area contributed by atoms with Gasteiger partial charge in [-0.1, -0.05) is 12.1 Å². The molecule has 0 heterocycles. The van der Waals surface area contributed by atoms with Crippen LogP contribution < -0.4 is 4.72 Å². The third-order valence-corrected chi connectivity index (χ3v) is 4.75. The lowest BCUT2D eigenvalue weighted by Crippen LogP contribution is -2.36. The number of nitrogens with zero attached hydrogens (tertiary/aromatic N) is 1. The summed E-state index contributed by atoms with van der Waals surface area (Å²) in [6.07, 6.45) is -0.683. The van der Waals surface area contributed by atoms with Gasteiger partial charge in [0.05, 0.1) is 11.0 Å². The zero-order chi connectivity index (χ0) is 15.3. The molecule has 0 amide bonds. The Balaban J connectivity index is 2.72. The van der Waals surface area contributed by atoms with Crippen LogP contribution in [0.25, 0.3) is 0 Å². The van der Waals surface area contributed by atoms with Gasteiger partial charge in [-0.15, -0.1) is 0 Å². The minimum atomic E-state index is -3.53. The number of rotatable bonds is 7. The molecule has 2 N–H and O–H groups in total. The fraction of sp³-hybridized carbons (Fsp3) is 0.571. The second kappa shape index (κ2) is 7.17. The van der Waals surface area contributed by atoms with Crippen molar-refractivity contribution >= 4 is 10.0 Å². The van der Waals surface area contributed by atoms with Crippen molar-refractivity contribution < 1.29 is 13.5 Å². The van der Waals surface area contributed by atoms with Crippen molar-refractivity contribution in [1.82, 2.24) is 9.62 Å². The molecule has 0 spiro atoms. The number of aliphatic hydroxyl groups excluding tert-OH is 1. The summed E-state index contributed by atoms with van der Waals surface area (Å²) >= 11 is 0. The van der Waals surface area contributed by atoms with Gasteiger partial charge < -0.3 is 10.0 Å². The third kappa shape index (κ3) is 4.86. The predicted octanol–water partition coefficient (Wildman–Crippen LogP) is 1.36. The molecule has 1 rings (SSSR count). The van der Waals surface area contributed by atoms with E-state index in [4.69, 9.17) is 0 Å². The van der Waals surface area contributed by atoms with E-state index >= 15 is 0 Å². The maximum Gasteiger partial charge on any atom is 0.240 e. The maximum atomic E-state index is 12.1. The van der Waals surface area contributed by atoms with Gasteiger partial charge in [-0.25, -0.2) is 13.1 Å². The lowest BCUT2D eigenvalue weighted by molar-refractivity contribution is 0.199. The molecule has 0 aliphatic heterocycles. The molecule has 0 aliphatic carbocycles. The van der Waals surface area contributed by atoms with E-state index in [0.717, 1.165) is 0 Å². The molecule has 0 fully saturated rings. The van der Waals surface area contributed by atoms with Crippen molar-refractivity contribution in [2.45, 2.75) is 37.8 Å². The van der Waals surface area contributed by atoms with Crippen molar-refractivity contribution in [2.24, 2.45) is 0 Å². The van der Waals surface area contributed by atoms with Crippen LogP contribution in [0.4, 0.5) is 0 Å². The minimum absolute atomic E-state index is 0.183. The van der Waals surface area contributed by atoms with Crippen molar-refractivity contribution in [2.75, 3.05) is 20.1 Å². The summed E-state index contributed by atoms with van der Waals surface area (Å²) < 4.78 is 26.9. The highest BCUT2D eigenvalue weighted by atomic mass is 32.2. The van der Waals surface area contributed by atoms with Gasteiger partial charge in [-0.2, -0.15) is 0 Å². The smallest absolute Gasteiger partial charge is 0.240 e. The van der Waals surface area contributed by atoms with Gasteiger partial charge in [0.1, 0.15) is 0 Å². The van der Waals surface area contributed by atoms with E-state index in [2.05, 4.69) is 23.5 Å². The topological polar surface area (TPSA) is 69.6 Å². The molecule has 6 heteroatoms. The summed E-state index contributed by atoms with van der Waals surface area (Å²) in [5.74, 6) is 0. The second-order valence-electron chi connectivity index (χ2n) is 5.22. The Bertz CT molecular complexity index is 527. The van der Waals surface area contributed by atoms with Crippen LogP contribution >= 0.6 is 0 Å². The Hall–Kier alpha value is -0.950. The van der Waals surface area contributed by atoms with Gasteiger partial charge in [-0.05, 0) is 45.5 Å². The molecule has 0 saturated carbocycles. The van der Waals surface area contributed by atoms with E-state index < -0.39 is 16.1 Å². The van der Waals surface area contributed by atoms with Gasteiger partial charge in [0.15, 0.2) is 0 Å². The van der Waals surface area contributed by atoms with Crippen LogP contribution in [-0.2, 0) is 10.0 Å². The Morgan fingerprint density at radius 3 is 2.50 bits per heavy atom. The number of hydrogen-bond donors (Lipinski definition) is 2. The SMILES string of the molecule is CC(O)c1cccc(S(=O)(=O)NCCN(C)C(C)C)c1. The number of likely N-dealkylation sites (N-methyl/N-ethyl adjacent to an activating group) is 1. The van der Waals surface area contributed by atoms with Crippen LogP contribution in [0.1, 0.15) is 32.4 Å². The van der Waals surface area contributed by atoms with E-state index in [1.54, 1.807) is 19.1 Å². The second-order valence-corrected chi connectivity index (χ2v) is 6.99. The fourth-order valence-electron chi connectivity index (χ4n) is 1.64. The number of nitrogens with one attached hydrogen (secondary N) is 1. The van der Waals surface area contributed by atoms with Crippen LogP contribution in [0.15, 0.2) is 29.2 Å². The zero-order valence-electron chi connectivity index (χ0n) is 12.5. The molecule has 1 aromatic carbocycles. The van der Waals surface area contributed by atoms with E-state index in [-0.39, 0.29) is 4.90 Å². The number of benzene rings is 1. The number of sulfonamides is 1. The first kappa shape index (κ1) is 17.1. The van der Waals surface area contributed by atoms with Gasteiger partial charge in [0.2, 0.25) is 10.0 Å². The molecule has 0 bridgehead atoms. The van der Waals surface area contributed by atoms with Crippen LogP contribution in [0.5, 0.6) is 0 Å². The first-order valence-corrected chi connectivity index (χ1v) is 8.20. The van der Waals surface area contributed by atoms with Gasteiger partial charge in [0, 0.05) is 19.1 Å². The molecule has 0 aromatic heterocycles. The number of hydrogen-bond acceptors (Lipinski definition) is 4. The van der Waals surface area contributed by atoms with Crippen LogP contribution in [0.3, 0.4) is 0 Å². The average molecular weight is 300 g/mol. The normalized spacial score (nSPS) is 13.9. The Kier molecular flexibility index (Phi) is 6.13. The highest BCUT2D eigenvalue weighted by Crippen LogP contribution is 2.16. The fourth-order valence-corrected chi connectivity index (χ4v) is 2.72. The minimum Gasteiger partial charge on any atom is -0.389 e. The van der Waals surface area contributed by atoms with E-state index in [0.29, 0.717) is 24.7 Å². The molecule has 1 aromatic rings. The molecule has 0 saturated heterocycles. The van der Waals surface area contributed by atoms with Gasteiger partial charge >= 0.3 is 0 Å². The lowest BCUT2D eigenvalue weighted by atomic mass is 10.1. The van der Waals surface area contributed by atoms with Crippen molar-refractivity contribution in [3.05, 3.63) is 29.8 Å². The van der Waals surface area contributed by atoms with Crippen molar-refractivity contribution in [1.29, 1.82) is 0 Å². The lowest BCUT2D eigenvalue weighted by Gasteiger charge is -2.20. The molecule has 20 heavy (non-hydrogen) atoms. The van der Waals surface area contributed by atoms with E-state index in [1.165, 1.54) is 12.1 Å². The van der Waals surface area contributed by atoms with Gasteiger partial charge in [0.25, 0.3) is 0 Å². The standard InChI is InChI=1S/C14H24N2O3S/c1-11(2)16(4)9-8-15-20(18,19)14-7-5-6-13(10-14)12(3)17/h5-7,10-12,15,17H,8-9H2,1-4H3. The molecule has 1 atom stereocenters. The van der Waals surface area contributed by atoms with Crippen LogP contribution in [0, 0.1) is 0 Å². The highest BCUT2D eigenvalue weighted by Gasteiger charge is 2.15. The van der Waals surface area contributed by atoms with Crippen molar-refractivity contribution in [3.63, 3.8) is 0 Å². The van der Waals surface area contributed by atoms with E-state index in [9.17, 15) is 13.5 Å². The predicted molar refractivity (Wildman–Crippen MR) is 80.0 cm³/mol. The first-order chi connectivity index (χ1) is 9.24. The summed E-state index contributed by atoms with van der Waals surface area (Å²) in [6, 6.07) is 6.74. The van der Waals surface area contributed by atoms with Crippen molar-refractivity contribution in [3.8, 4) is 0 Å². The average Bonchev–Trinajstić information content (AvgIpc) is 2.38. The van der Waals surface area contributed by atoms with E-state index in [1.807, 2.05) is 7.05 Å². The molecule has 0 radical (unpaired) electrons. The largest absolute Gasteiger partial charge is 0.389 e.